The summed E-state index contributed by atoms with van der Waals surface area (Å²) in [6, 6.07) is 9.85. The zero-order valence-electron chi connectivity index (χ0n) is 5.93. The van der Waals surface area contributed by atoms with E-state index in [2.05, 4.69) is 0 Å². The van der Waals surface area contributed by atoms with E-state index in [0.717, 1.165) is 11.1 Å². The van der Waals surface area contributed by atoms with Crippen molar-refractivity contribution in [3.05, 3.63) is 41.4 Å². The van der Waals surface area contributed by atoms with Crippen LogP contribution < -0.4 is 0 Å². The number of halogens is 2. The van der Waals surface area contributed by atoms with Crippen molar-refractivity contribution < 1.29 is 0 Å². The molecule has 0 bridgehead atoms. The molecule has 0 nitrogen and oxygen atoms in total. The van der Waals surface area contributed by atoms with E-state index >= 15 is 0 Å². The van der Waals surface area contributed by atoms with Crippen LogP contribution >= 0.6 is 23.2 Å². The number of rotatable bonds is 2. The maximum atomic E-state index is 5.65. The normalized spacial score (nSPS) is 11.6. The fourth-order valence-corrected chi connectivity index (χ4v) is 1.34. The Labute approximate surface area is 76.4 Å². The zero-order valence-corrected chi connectivity index (χ0v) is 7.44. The Morgan fingerprint density at radius 2 is 1.91 bits per heavy atom. The second-order valence-corrected chi connectivity index (χ2v) is 2.62. The Bertz CT molecular complexity index is 239. The van der Waals surface area contributed by atoms with Gasteiger partial charge in [-0.3, -0.25) is 0 Å². The molecule has 0 saturated carbocycles. The molecule has 0 radical (unpaired) electrons. The van der Waals surface area contributed by atoms with Crippen molar-refractivity contribution in [3.8, 4) is 0 Å². The van der Waals surface area contributed by atoms with Crippen molar-refractivity contribution in [1.29, 1.82) is 0 Å². The van der Waals surface area contributed by atoms with Crippen molar-refractivity contribution in [2.24, 2.45) is 0 Å². The molecule has 0 saturated heterocycles. The molecule has 0 atom stereocenters. The molecule has 0 N–H and O–H groups in total. The van der Waals surface area contributed by atoms with E-state index in [0.29, 0.717) is 5.88 Å². The summed E-state index contributed by atoms with van der Waals surface area (Å²) in [7, 11) is 0. The van der Waals surface area contributed by atoms with E-state index in [1.54, 1.807) is 0 Å². The van der Waals surface area contributed by atoms with Gasteiger partial charge in [-0.05, 0) is 11.1 Å². The molecule has 0 aliphatic heterocycles. The third kappa shape index (κ3) is 2.25. The van der Waals surface area contributed by atoms with E-state index in [1.165, 1.54) is 5.54 Å². The molecule has 0 spiro atoms. The number of hydrogen-bond donors (Lipinski definition) is 0. The third-order valence-corrected chi connectivity index (χ3v) is 1.97. The molecule has 1 aromatic carbocycles. The van der Waals surface area contributed by atoms with Gasteiger partial charge in [0, 0.05) is 11.4 Å². The lowest BCUT2D eigenvalue weighted by Gasteiger charge is -1.99. The quantitative estimate of drug-likeness (QED) is 0.621. The van der Waals surface area contributed by atoms with Crippen LogP contribution in [0, 0.1) is 0 Å². The predicted octanol–water partition coefficient (Wildman–Crippen LogP) is 3.51. The summed E-state index contributed by atoms with van der Waals surface area (Å²) < 4.78 is 0. The third-order valence-electron chi connectivity index (χ3n) is 1.42. The van der Waals surface area contributed by atoms with E-state index < -0.39 is 0 Å². The maximum Gasteiger partial charge on any atom is 0.0488 e. The van der Waals surface area contributed by atoms with Crippen LogP contribution in [0.2, 0.25) is 0 Å². The van der Waals surface area contributed by atoms with Crippen LogP contribution in [0.4, 0.5) is 0 Å². The Morgan fingerprint density at radius 3 is 2.36 bits per heavy atom. The number of benzene rings is 1. The summed E-state index contributed by atoms with van der Waals surface area (Å²) in [4.78, 5) is 0. The van der Waals surface area contributed by atoms with Gasteiger partial charge >= 0.3 is 0 Å². The summed E-state index contributed by atoms with van der Waals surface area (Å²) in [5, 5.41) is 0. The van der Waals surface area contributed by atoms with Crippen LogP contribution in [0.3, 0.4) is 0 Å². The van der Waals surface area contributed by atoms with Crippen molar-refractivity contribution in [2.45, 2.75) is 0 Å². The van der Waals surface area contributed by atoms with E-state index in [-0.39, 0.29) is 0 Å². The summed E-state index contributed by atoms with van der Waals surface area (Å²) in [6.45, 7) is 0. The summed E-state index contributed by atoms with van der Waals surface area (Å²) in [6.07, 6.45) is 0. The van der Waals surface area contributed by atoms with Gasteiger partial charge < -0.3 is 0 Å². The fraction of sp³-hybridized carbons (Fsp3) is 0.111. The average molecular weight is 187 g/mol. The van der Waals surface area contributed by atoms with Crippen LogP contribution in [0.1, 0.15) is 5.56 Å². The SMILES string of the molecule is ClC=C(CCl)c1ccccc1. The monoisotopic (exact) mass is 186 g/mol. The standard InChI is InChI=1S/C9H8Cl2/c10-6-9(7-11)8-4-2-1-3-5-8/h1-6H,7H2. The van der Waals surface area contributed by atoms with Crippen molar-refractivity contribution in [1.82, 2.24) is 0 Å². The van der Waals surface area contributed by atoms with Gasteiger partial charge in [0.1, 0.15) is 0 Å². The lowest BCUT2D eigenvalue weighted by atomic mass is 10.1. The highest BCUT2D eigenvalue weighted by Crippen LogP contribution is 2.15. The second kappa shape index (κ2) is 4.42. The van der Waals surface area contributed by atoms with E-state index in [9.17, 15) is 0 Å². The van der Waals surface area contributed by atoms with Crippen molar-refractivity contribution in [3.63, 3.8) is 0 Å². The minimum absolute atomic E-state index is 0.452. The molecule has 11 heavy (non-hydrogen) atoms. The van der Waals surface area contributed by atoms with Crippen LogP contribution in [0.25, 0.3) is 5.57 Å². The lowest BCUT2D eigenvalue weighted by molar-refractivity contribution is 1.58. The Hall–Kier alpha value is -0.460. The summed E-state index contributed by atoms with van der Waals surface area (Å²) >= 11 is 11.2. The number of alkyl halides is 1. The first kappa shape index (κ1) is 8.63. The van der Waals surface area contributed by atoms with Gasteiger partial charge in [0.2, 0.25) is 0 Å². The number of allylic oxidation sites excluding steroid dienone is 1. The highest BCUT2D eigenvalue weighted by Gasteiger charge is 1.96. The van der Waals surface area contributed by atoms with Gasteiger partial charge in [-0.25, -0.2) is 0 Å². The minimum atomic E-state index is 0.452. The maximum absolute atomic E-state index is 5.65. The van der Waals surface area contributed by atoms with Gasteiger partial charge in [0.15, 0.2) is 0 Å². The minimum Gasteiger partial charge on any atom is -0.121 e. The van der Waals surface area contributed by atoms with Crippen molar-refractivity contribution in [2.75, 3.05) is 5.88 Å². The van der Waals surface area contributed by atoms with Crippen LogP contribution in [-0.4, -0.2) is 5.88 Å². The first-order valence-corrected chi connectivity index (χ1v) is 4.26. The van der Waals surface area contributed by atoms with Gasteiger partial charge in [0.25, 0.3) is 0 Å². The van der Waals surface area contributed by atoms with Gasteiger partial charge in [-0.15, -0.1) is 11.6 Å². The molecule has 58 valence electrons. The summed E-state index contributed by atoms with van der Waals surface area (Å²) in [5.74, 6) is 0.452. The van der Waals surface area contributed by atoms with E-state index in [1.807, 2.05) is 30.3 Å². The second-order valence-electron chi connectivity index (χ2n) is 2.13. The first-order chi connectivity index (χ1) is 5.38. The molecule has 0 amide bonds. The molecule has 0 heterocycles. The van der Waals surface area contributed by atoms with Gasteiger partial charge in [0.05, 0.1) is 0 Å². The van der Waals surface area contributed by atoms with Crippen LogP contribution in [0.5, 0.6) is 0 Å². The highest BCUT2D eigenvalue weighted by molar-refractivity contribution is 6.31. The van der Waals surface area contributed by atoms with Crippen LogP contribution in [0.15, 0.2) is 35.9 Å². The smallest absolute Gasteiger partial charge is 0.0488 e. The Balaban J connectivity index is 2.92. The Kier molecular flexibility index (Phi) is 3.47. The van der Waals surface area contributed by atoms with Crippen LogP contribution in [-0.2, 0) is 0 Å². The molecular weight excluding hydrogens is 179 g/mol. The molecule has 0 unspecified atom stereocenters. The largest absolute Gasteiger partial charge is 0.121 e. The number of hydrogen-bond acceptors (Lipinski definition) is 0. The van der Waals surface area contributed by atoms with Gasteiger partial charge in [-0.2, -0.15) is 0 Å². The van der Waals surface area contributed by atoms with Gasteiger partial charge in [-0.1, -0.05) is 41.9 Å². The highest BCUT2D eigenvalue weighted by atomic mass is 35.5. The van der Waals surface area contributed by atoms with Crippen molar-refractivity contribution >= 4 is 28.8 Å². The molecule has 1 rings (SSSR count). The topological polar surface area (TPSA) is 0 Å². The fourth-order valence-electron chi connectivity index (χ4n) is 0.822. The molecule has 0 aliphatic carbocycles. The molecule has 0 aromatic heterocycles. The lowest BCUT2D eigenvalue weighted by Crippen LogP contribution is -1.82. The van der Waals surface area contributed by atoms with E-state index in [4.69, 9.17) is 23.2 Å². The Morgan fingerprint density at radius 1 is 1.27 bits per heavy atom. The molecular formula is C9H8Cl2. The predicted molar refractivity (Wildman–Crippen MR) is 51.0 cm³/mol. The molecule has 0 fully saturated rings. The molecule has 2 heteroatoms. The first-order valence-electron chi connectivity index (χ1n) is 3.29. The zero-order chi connectivity index (χ0) is 8.10. The molecule has 1 aromatic rings. The average Bonchev–Trinajstić information content (AvgIpc) is 2.09. The summed E-state index contributed by atoms with van der Waals surface area (Å²) in [5.41, 5.74) is 3.55. The molecule has 0 aliphatic rings.